The fourth-order valence-corrected chi connectivity index (χ4v) is 2.97. The lowest BCUT2D eigenvalue weighted by Crippen LogP contribution is -2.43. The molecule has 1 atom stereocenters. The Bertz CT molecular complexity index is 651. The Morgan fingerprint density at radius 3 is 2.46 bits per heavy atom. The summed E-state index contributed by atoms with van der Waals surface area (Å²) >= 11 is 0. The number of hydrogen-bond acceptors (Lipinski definition) is 4. The molecular weight excluding hydrogens is 321 g/mol. The molecule has 0 amide bonds. The van der Waals surface area contributed by atoms with Gasteiger partial charge in [-0.25, -0.2) is 9.67 Å². The maximum Gasteiger partial charge on any atom is 0.414 e. The first-order chi connectivity index (χ1) is 11.4. The van der Waals surface area contributed by atoms with Gasteiger partial charge >= 0.3 is 6.18 Å². The van der Waals surface area contributed by atoms with Crippen LogP contribution in [0.2, 0.25) is 0 Å². The fraction of sp³-hybridized carbons (Fsp3) is 0.500. The van der Waals surface area contributed by atoms with Crippen LogP contribution in [-0.2, 0) is 6.54 Å². The topological polar surface area (TPSA) is 54.2 Å². The molecule has 24 heavy (non-hydrogen) atoms. The first kappa shape index (κ1) is 16.9. The van der Waals surface area contributed by atoms with Gasteiger partial charge in [0.15, 0.2) is 11.9 Å². The normalized spacial score (nSPS) is 18.7. The first-order valence-corrected chi connectivity index (χ1v) is 7.86. The quantitative estimate of drug-likeness (QED) is 0.929. The SMILES string of the molecule is OC(C1CCN(Cc2ncn(-c3ccccc3)n2)CC1)C(F)(F)F. The molecule has 2 heterocycles. The average molecular weight is 340 g/mol. The molecule has 0 saturated carbocycles. The molecule has 0 bridgehead atoms. The standard InChI is InChI=1S/C16H19F3N4O/c17-16(18,19)15(24)12-6-8-22(9-7-12)10-14-20-11-23(21-14)13-4-2-1-3-5-13/h1-5,11-12,15,24H,6-10H2. The van der Waals surface area contributed by atoms with Crippen LogP contribution in [-0.4, -0.2) is 50.1 Å². The summed E-state index contributed by atoms with van der Waals surface area (Å²) in [6, 6.07) is 9.58. The van der Waals surface area contributed by atoms with Crippen molar-refractivity contribution in [2.24, 2.45) is 5.92 Å². The number of rotatable bonds is 4. The number of aliphatic hydroxyl groups excluding tert-OH is 1. The van der Waals surface area contributed by atoms with Gasteiger partial charge in [0.25, 0.3) is 0 Å². The largest absolute Gasteiger partial charge is 0.414 e. The fourth-order valence-electron chi connectivity index (χ4n) is 2.97. The molecule has 3 rings (SSSR count). The number of likely N-dealkylation sites (tertiary alicyclic amines) is 1. The van der Waals surface area contributed by atoms with Crippen molar-refractivity contribution in [1.29, 1.82) is 0 Å². The lowest BCUT2D eigenvalue weighted by Gasteiger charge is -2.34. The molecule has 1 fully saturated rings. The molecule has 0 radical (unpaired) electrons. The zero-order valence-electron chi connectivity index (χ0n) is 13.0. The molecule has 1 unspecified atom stereocenters. The highest BCUT2D eigenvalue weighted by Gasteiger charge is 2.44. The van der Waals surface area contributed by atoms with E-state index in [-0.39, 0.29) is 0 Å². The van der Waals surface area contributed by atoms with Gasteiger partial charge in [-0.05, 0) is 44.0 Å². The highest BCUT2D eigenvalue weighted by Crippen LogP contribution is 2.31. The van der Waals surface area contributed by atoms with Gasteiger partial charge in [-0.1, -0.05) is 18.2 Å². The summed E-state index contributed by atoms with van der Waals surface area (Å²) in [5.41, 5.74) is 0.906. The number of nitrogens with zero attached hydrogens (tertiary/aromatic N) is 4. The zero-order valence-corrected chi connectivity index (χ0v) is 13.0. The summed E-state index contributed by atoms with van der Waals surface area (Å²) in [7, 11) is 0. The number of halogens is 3. The van der Waals surface area contributed by atoms with E-state index in [2.05, 4.69) is 10.1 Å². The molecule has 2 aromatic rings. The minimum atomic E-state index is -4.54. The van der Waals surface area contributed by atoms with Crippen LogP contribution < -0.4 is 0 Å². The second-order valence-corrected chi connectivity index (χ2v) is 6.04. The maximum absolute atomic E-state index is 12.6. The Kier molecular flexibility index (Phi) is 4.86. The number of hydrogen-bond donors (Lipinski definition) is 1. The molecule has 0 aliphatic carbocycles. The van der Waals surface area contributed by atoms with Gasteiger partial charge in [0.1, 0.15) is 6.33 Å². The number of para-hydroxylation sites is 1. The molecule has 5 nitrogen and oxygen atoms in total. The van der Waals surface area contributed by atoms with E-state index in [4.69, 9.17) is 0 Å². The van der Waals surface area contributed by atoms with Crippen molar-refractivity contribution in [2.45, 2.75) is 31.7 Å². The molecule has 1 aromatic carbocycles. The summed E-state index contributed by atoms with van der Waals surface area (Å²) in [5.74, 6) is -0.0928. The maximum atomic E-state index is 12.6. The molecule has 1 saturated heterocycles. The molecule has 1 aliphatic heterocycles. The third-order valence-electron chi connectivity index (χ3n) is 4.34. The van der Waals surface area contributed by atoms with E-state index >= 15 is 0 Å². The van der Waals surface area contributed by atoms with Gasteiger partial charge in [0, 0.05) is 0 Å². The second kappa shape index (κ2) is 6.90. The Morgan fingerprint density at radius 1 is 1.17 bits per heavy atom. The van der Waals surface area contributed by atoms with Crippen LogP contribution in [0.25, 0.3) is 5.69 Å². The van der Waals surface area contributed by atoms with E-state index in [0.717, 1.165) is 5.69 Å². The van der Waals surface area contributed by atoms with Gasteiger partial charge in [-0.3, -0.25) is 4.90 Å². The van der Waals surface area contributed by atoms with Crippen LogP contribution in [0.5, 0.6) is 0 Å². The predicted octanol–water partition coefficient (Wildman–Crippen LogP) is 2.40. The monoisotopic (exact) mass is 340 g/mol. The van der Waals surface area contributed by atoms with Crippen LogP contribution in [0.15, 0.2) is 36.7 Å². The van der Waals surface area contributed by atoms with Gasteiger partial charge < -0.3 is 5.11 Å². The van der Waals surface area contributed by atoms with E-state index in [1.807, 2.05) is 35.2 Å². The smallest absolute Gasteiger partial charge is 0.383 e. The van der Waals surface area contributed by atoms with Crippen LogP contribution in [0.3, 0.4) is 0 Å². The highest BCUT2D eigenvalue weighted by molar-refractivity contribution is 5.29. The number of piperidine rings is 1. The number of aromatic nitrogens is 3. The molecule has 1 aromatic heterocycles. The minimum absolute atomic E-state index is 0.320. The van der Waals surface area contributed by atoms with E-state index in [9.17, 15) is 18.3 Å². The van der Waals surface area contributed by atoms with Crippen molar-refractivity contribution in [3.05, 3.63) is 42.5 Å². The third kappa shape index (κ3) is 3.93. The summed E-state index contributed by atoms with van der Waals surface area (Å²) < 4.78 is 39.3. The first-order valence-electron chi connectivity index (χ1n) is 7.86. The lowest BCUT2D eigenvalue weighted by molar-refractivity contribution is -0.223. The van der Waals surface area contributed by atoms with Crippen molar-refractivity contribution < 1.29 is 18.3 Å². The zero-order chi connectivity index (χ0) is 17.2. The third-order valence-corrected chi connectivity index (χ3v) is 4.34. The summed E-state index contributed by atoms with van der Waals surface area (Å²) in [4.78, 5) is 6.28. The Labute approximate surface area is 137 Å². The number of aliphatic hydroxyl groups is 1. The minimum Gasteiger partial charge on any atom is -0.383 e. The number of benzene rings is 1. The molecule has 0 spiro atoms. The van der Waals surface area contributed by atoms with Crippen LogP contribution in [0.4, 0.5) is 13.2 Å². The lowest BCUT2D eigenvalue weighted by atomic mass is 9.91. The summed E-state index contributed by atoms with van der Waals surface area (Å²) in [5, 5.41) is 13.7. The Hall–Kier alpha value is -1.93. The molecule has 1 aliphatic rings. The van der Waals surface area contributed by atoms with Crippen LogP contribution in [0.1, 0.15) is 18.7 Å². The van der Waals surface area contributed by atoms with E-state index in [1.54, 1.807) is 11.0 Å². The highest BCUT2D eigenvalue weighted by atomic mass is 19.4. The Balaban J connectivity index is 1.55. The van der Waals surface area contributed by atoms with Crippen molar-refractivity contribution in [1.82, 2.24) is 19.7 Å². The van der Waals surface area contributed by atoms with Gasteiger partial charge in [0.05, 0.1) is 12.2 Å². The van der Waals surface area contributed by atoms with Gasteiger partial charge in [-0.15, -0.1) is 5.10 Å². The van der Waals surface area contributed by atoms with Crippen molar-refractivity contribution in [3.63, 3.8) is 0 Å². The van der Waals surface area contributed by atoms with Gasteiger partial charge in [-0.2, -0.15) is 13.2 Å². The summed E-state index contributed by atoms with van der Waals surface area (Å²) in [6.07, 6.45) is -4.50. The second-order valence-electron chi connectivity index (χ2n) is 6.04. The average Bonchev–Trinajstić information content (AvgIpc) is 3.03. The molecule has 130 valence electrons. The number of alkyl halides is 3. The van der Waals surface area contributed by atoms with Gasteiger partial charge in [0.2, 0.25) is 0 Å². The van der Waals surface area contributed by atoms with E-state index < -0.39 is 18.2 Å². The van der Waals surface area contributed by atoms with Crippen LogP contribution >= 0.6 is 0 Å². The van der Waals surface area contributed by atoms with E-state index in [1.165, 1.54) is 0 Å². The van der Waals surface area contributed by atoms with Crippen molar-refractivity contribution in [2.75, 3.05) is 13.1 Å². The van der Waals surface area contributed by atoms with E-state index in [0.29, 0.717) is 38.3 Å². The molecule has 8 heteroatoms. The molecular formula is C16H19F3N4O. The summed E-state index contributed by atoms with van der Waals surface area (Å²) in [6.45, 7) is 1.49. The predicted molar refractivity (Wildman–Crippen MR) is 81.4 cm³/mol. The van der Waals surface area contributed by atoms with Crippen molar-refractivity contribution in [3.8, 4) is 5.69 Å². The Morgan fingerprint density at radius 2 is 1.83 bits per heavy atom. The molecule has 1 N–H and O–H groups in total. The van der Waals surface area contributed by atoms with Crippen molar-refractivity contribution >= 4 is 0 Å². The van der Waals surface area contributed by atoms with Crippen LogP contribution in [0, 0.1) is 5.92 Å².